The van der Waals surface area contributed by atoms with Gasteiger partial charge in [0.1, 0.15) is 18.8 Å². The Labute approximate surface area is 184 Å². The van der Waals surface area contributed by atoms with Crippen LogP contribution < -0.4 is 5.46 Å². The molecule has 1 aliphatic rings. The van der Waals surface area contributed by atoms with Crippen LogP contribution in [-0.4, -0.2) is 72.1 Å². The number of hydrogen-bond donors (Lipinski definition) is 2. The van der Waals surface area contributed by atoms with E-state index in [0.717, 1.165) is 20.8 Å². The number of rotatable bonds is 7. The number of carbonyl (C=O) groups excluding carboxylic acids is 4. The number of carbonyl (C=O) groups is 4. The predicted molar refractivity (Wildman–Crippen MR) is 107 cm³/mol. The predicted octanol–water partition coefficient (Wildman–Crippen LogP) is -0.835. The summed E-state index contributed by atoms with van der Waals surface area (Å²) < 4.78 is 27.1. The highest BCUT2D eigenvalue weighted by atomic mass is 16.7. The van der Waals surface area contributed by atoms with Crippen LogP contribution in [0.4, 0.5) is 0 Å². The van der Waals surface area contributed by atoms with Crippen LogP contribution in [0.1, 0.15) is 39.4 Å². The van der Waals surface area contributed by atoms with Crippen molar-refractivity contribution in [3.8, 4) is 0 Å². The zero-order valence-corrected chi connectivity index (χ0v) is 18.0. The molecule has 0 aliphatic carbocycles. The van der Waals surface area contributed by atoms with E-state index >= 15 is 0 Å². The highest BCUT2D eigenvalue weighted by Gasteiger charge is 2.52. The van der Waals surface area contributed by atoms with Crippen molar-refractivity contribution in [1.82, 2.24) is 0 Å². The topological polar surface area (TPSA) is 155 Å². The molecule has 1 heterocycles. The van der Waals surface area contributed by atoms with Gasteiger partial charge in [0.2, 0.25) is 0 Å². The second kappa shape index (κ2) is 11.1. The lowest BCUT2D eigenvalue weighted by atomic mass is 9.79. The molecule has 0 spiro atoms. The smallest absolute Gasteiger partial charge is 0.463 e. The molecule has 0 amide bonds. The van der Waals surface area contributed by atoms with Crippen LogP contribution in [0.5, 0.6) is 0 Å². The summed E-state index contributed by atoms with van der Waals surface area (Å²) in [4.78, 5) is 46.7. The first-order valence-corrected chi connectivity index (χ1v) is 9.76. The number of hydrogen-bond acceptors (Lipinski definition) is 11. The molecule has 11 nitrogen and oxygen atoms in total. The maximum atomic E-state index is 11.8. The molecule has 2 N–H and O–H groups in total. The third-order valence-electron chi connectivity index (χ3n) is 4.55. The van der Waals surface area contributed by atoms with Gasteiger partial charge in [0.15, 0.2) is 18.3 Å². The summed E-state index contributed by atoms with van der Waals surface area (Å²) >= 11 is 0. The van der Waals surface area contributed by atoms with Gasteiger partial charge in [0.05, 0.1) is 0 Å². The van der Waals surface area contributed by atoms with E-state index in [4.69, 9.17) is 23.7 Å². The summed E-state index contributed by atoms with van der Waals surface area (Å²) in [6, 6.07) is 5.87. The van der Waals surface area contributed by atoms with Crippen molar-refractivity contribution in [1.29, 1.82) is 0 Å². The van der Waals surface area contributed by atoms with Gasteiger partial charge in [-0.3, -0.25) is 19.2 Å². The van der Waals surface area contributed by atoms with Crippen molar-refractivity contribution in [2.24, 2.45) is 0 Å². The molecular formula is C20H25BO11. The van der Waals surface area contributed by atoms with E-state index in [1.807, 2.05) is 0 Å². The van der Waals surface area contributed by atoms with Gasteiger partial charge in [-0.1, -0.05) is 24.3 Å². The third-order valence-corrected chi connectivity index (χ3v) is 4.55. The Hall–Kier alpha value is -2.96. The summed E-state index contributed by atoms with van der Waals surface area (Å²) in [6.45, 7) is 4.28. The summed E-state index contributed by atoms with van der Waals surface area (Å²) in [5.74, 6) is -2.76. The van der Waals surface area contributed by atoms with Crippen molar-refractivity contribution in [3.63, 3.8) is 0 Å². The number of esters is 4. The lowest BCUT2D eigenvalue weighted by Gasteiger charge is -2.44. The first-order valence-electron chi connectivity index (χ1n) is 9.76. The Morgan fingerprint density at radius 1 is 0.812 bits per heavy atom. The van der Waals surface area contributed by atoms with E-state index in [9.17, 15) is 29.2 Å². The summed E-state index contributed by atoms with van der Waals surface area (Å²) in [5, 5.41) is 18.6. The lowest BCUT2D eigenvalue weighted by molar-refractivity contribution is -0.254. The second-order valence-electron chi connectivity index (χ2n) is 7.16. The lowest BCUT2D eigenvalue weighted by Crippen LogP contribution is -2.59. The molecule has 174 valence electrons. The van der Waals surface area contributed by atoms with Crippen LogP contribution in [0.25, 0.3) is 0 Å². The van der Waals surface area contributed by atoms with Crippen LogP contribution in [0.15, 0.2) is 24.3 Å². The average Bonchev–Trinajstić information content (AvgIpc) is 2.68. The Bertz CT molecular complexity index is 838. The van der Waals surface area contributed by atoms with E-state index in [-0.39, 0.29) is 12.1 Å². The third kappa shape index (κ3) is 6.77. The van der Waals surface area contributed by atoms with Crippen molar-refractivity contribution in [2.75, 3.05) is 6.61 Å². The van der Waals surface area contributed by atoms with E-state index in [0.29, 0.717) is 5.56 Å². The molecule has 0 bridgehead atoms. The maximum Gasteiger partial charge on any atom is 0.488 e. The van der Waals surface area contributed by atoms with Crippen molar-refractivity contribution >= 4 is 36.5 Å². The molecule has 2 rings (SSSR count). The minimum absolute atomic E-state index is 0.208. The first kappa shape index (κ1) is 25.3. The molecule has 5 atom stereocenters. The van der Waals surface area contributed by atoms with Gasteiger partial charge < -0.3 is 33.7 Å². The Morgan fingerprint density at radius 3 is 1.78 bits per heavy atom. The largest absolute Gasteiger partial charge is 0.488 e. The molecule has 12 heteroatoms. The van der Waals surface area contributed by atoms with E-state index < -0.39 is 61.5 Å². The number of benzene rings is 1. The van der Waals surface area contributed by atoms with Gasteiger partial charge >= 0.3 is 31.0 Å². The minimum atomic E-state index is -1.69. The van der Waals surface area contributed by atoms with Crippen molar-refractivity contribution in [3.05, 3.63) is 29.8 Å². The van der Waals surface area contributed by atoms with Crippen LogP contribution in [0, 0.1) is 0 Å². The zero-order chi connectivity index (χ0) is 24.0. The second-order valence-corrected chi connectivity index (χ2v) is 7.16. The molecule has 32 heavy (non-hydrogen) atoms. The average molecular weight is 452 g/mol. The molecule has 0 aromatic heterocycles. The molecule has 0 saturated carbocycles. The molecule has 1 aromatic rings. The Morgan fingerprint density at radius 2 is 1.31 bits per heavy atom. The Balaban J connectivity index is 2.52. The van der Waals surface area contributed by atoms with E-state index in [1.165, 1.54) is 31.2 Å². The van der Waals surface area contributed by atoms with Gasteiger partial charge in [0, 0.05) is 27.7 Å². The van der Waals surface area contributed by atoms with Crippen LogP contribution in [-0.2, 0) is 42.9 Å². The molecule has 5 unspecified atom stereocenters. The monoisotopic (exact) mass is 452 g/mol. The fraction of sp³-hybridized carbons (Fsp3) is 0.500. The molecule has 0 radical (unpaired) electrons. The molecule has 1 fully saturated rings. The molecular weight excluding hydrogens is 427 g/mol. The zero-order valence-electron chi connectivity index (χ0n) is 18.0. The highest BCUT2D eigenvalue weighted by molar-refractivity contribution is 6.58. The van der Waals surface area contributed by atoms with E-state index in [2.05, 4.69) is 0 Å². The quantitative estimate of drug-likeness (QED) is 0.302. The van der Waals surface area contributed by atoms with Gasteiger partial charge in [-0.05, 0) is 11.0 Å². The summed E-state index contributed by atoms with van der Waals surface area (Å²) in [7, 11) is -1.69. The number of ether oxygens (including phenoxy) is 5. The fourth-order valence-corrected chi connectivity index (χ4v) is 3.35. The van der Waals surface area contributed by atoms with Gasteiger partial charge in [-0.25, -0.2) is 0 Å². The first-order chi connectivity index (χ1) is 15.0. The van der Waals surface area contributed by atoms with Gasteiger partial charge in [-0.2, -0.15) is 0 Å². The van der Waals surface area contributed by atoms with Crippen molar-refractivity contribution < 1.29 is 52.9 Å². The normalized spacial score (nSPS) is 24.8. The van der Waals surface area contributed by atoms with Crippen LogP contribution >= 0.6 is 0 Å². The van der Waals surface area contributed by atoms with E-state index in [1.54, 1.807) is 0 Å². The SMILES string of the molecule is CC(=O)OCC1OC(c2ccc(B(O)O)cc2)C(OC(C)=O)C(OC(C)=O)C1OC(C)=O. The molecule has 1 saturated heterocycles. The Kier molecular flexibility index (Phi) is 8.76. The maximum absolute atomic E-state index is 11.8. The van der Waals surface area contributed by atoms with Crippen LogP contribution in [0.3, 0.4) is 0 Å². The summed E-state index contributed by atoms with van der Waals surface area (Å²) in [6.07, 6.45) is -5.83. The van der Waals surface area contributed by atoms with Crippen LogP contribution in [0.2, 0.25) is 0 Å². The molecule has 1 aromatic carbocycles. The summed E-state index contributed by atoms with van der Waals surface area (Å²) in [5.41, 5.74) is 0.645. The molecule has 1 aliphatic heterocycles. The van der Waals surface area contributed by atoms with Gasteiger partial charge in [0.25, 0.3) is 0 Å². The van der Waals surface area contributed by atoms with Crippen molar-refractivity contribution in [2.45, 2.75) is 58.2 Å². The highest BCUT2D eigenvalue weighted by Crippen LogP contribution is 2.37. The van der Waals surface area contributed by atoms with Gasteiger partial charge in [-0.15, -0.1) is 0 Å². The fourth-order valence-electron chi connectivity index (χ4n) is 3.35. The standard InChI is InChI=1S/C20H25BO11/c1-10(22)28-9-16-18(29-11(2)23)20(31-13(4)25)19(30-12(3)24)17(32-16)14-5-7-15(8-6-14)21(26)27/h5-8,16-20,26-27H,9H2,1-4H3. The minimum Gasteiger partial charge on any atom is -0.463 e.